The molecule has 1 fully saturated rings. The summed E-state index contributed by atoms with van der Waals surface area (Å²) in [5, 5.41) is 5.25. The largest absolute Gasteiger partial charge is 0.344 e. The Kier molecular flexibility index (Phi) is 4.35. The van der Waals surface area contributed by atoms with Crippen LogP contribution in [0.5, 0.6) is 0 Å². The first-order valence-corrected chi connectivity index (χ1v) is 6.58. The molecule has 0 radical (unpaired) electrons. The van der Waals surface area contributed by atoms with E-state index in [1.807, 2.05) is 0 Å². The molecule has 1 saturated heterocycles. The van der Waals surface area contributed by atoms with Gasteiger partial charge in [0, 0.05) is 6.42 Å². The van der Waals surface area contributed by atoms with Gasteiger partial charge in [-0.2, -0.15) is 0 Å². The zero-order valence-corrected chi connectivity index (χ0v) is 11.6. The zero-order chi connectivity index (χ0) is 15.6. The minimum Gasteiger partial charge on any atom is -0.344 e. The van der Waals surface area contributed by atoms with Crippen molar-refractivity contribution in [1.29, 1.82) is 0 Å². The third kappa shape index (κ3) is 3.45. The molecule has 4 nitrogen and oxygen atoms in total. The van der Waals surface area contributed by atoms with Crippen LogP contribution in [0.15, 0.2) is 30.4 Å². The van der Waals surface area contributed by atoms with Crippen LogP contribution in [0.25, 0.3) is 0 Å². The highest BCUT2D eigenvalue weighted by molar-refractivity contribution is 5.91. The van der Waals surface area contributed by atoms with Crippen LogP contribution in [0.3, 0.4) is 0 Å². The van der Waals surface area contributed by atoms with Crippen molar-refractivity contribution < 1.29 is 18.4 Å². The predicted molar refractivity (Wildman–Crippen MR) is 73.2 cm³/mol. The number of benzene rings is 1. The van der Waals surface area contributed by atoms with Crippen molar-refractivity contribution in [1.82, 2.24) is 10.6 Å². The molecule has 0 unspecified atom stereocenters. The SMILES string of the molecule is C=C(C)[C@@H](NC(=O)[C@H]1CCC(=O)N1)c1ccc(F)c(F)c1. The van der Waals surface area contributed by atoms with E-state index in [2.05, 4.69) is 17.2 Å². The maximum atomic E-state index is 13.3. The molecule has 1 aliphatic heterocycles. The van der Waals surface area contributed by atoms with E-state index in [-0.39, 0.29) is 11.8 Å². The number of rotatable bonds is 4. The molecular weight excluding hydrogens is 278 g/mol. The summed E-state index contributed by atoms with van der Waals surface area (Å²) < 4.78 is 26.3. The Morgan fingerprint density at radius 1 is 1.43 bits per heavy atom. The van der Waals surface area contributed by atoms with E-state index in [0.717, 1.165) is 12.1 Å². The minimum atomic E-state index is -0.984. The maximum Gasteiger partial charge on any atom is 0.243 e. The van der Waals surface area contributed by atoms with Crippen molar-refractivity contribution in [2.45, 2.75) is 31.8 Å². The van der Waals surface area contributed by atoms with Crippen LogP contribution >= 0.6 is 0 Å². The van der Waals surface area contributed by atoms with E-state index in [4.69, 9.17) is 0 Å². The van der Waals surface area contributed by atoms with Gasteiger partial charge in [0.2, 0.25) is 11.8 Å². The van der Waals surface area contributed by atoms with Gasteiger partial charge in [-0.1, -0.05) is 18.2 Å². The molecule has 1 heterocycles. The van der Waals surface area contributed by atoms with Gasteiger partial charge in [0.15, 0.2) is 11.6 Å². The topological polar surface area (TPSA) is 58.2 Å². The average molecular weight is 294 g/mol. The van der Waals surface area contributed by atoms with Crippen LogP contribution in [0.4, 0.5) is 8.78 Å². The number of carbonyl (C=O) groups is 2. The maximum absolute atomic E-state index is 13.3. The Morgan fingerprint density at radius 2 is 2.14 bits per heavy atom. The molecule has 0 aromatic heterocycles. The lowest BCUT2D eigenvalue weighted by Gasteiger charge is -2.21. The molecular formula is C15H16F2N2O2. The van der Waals surface area contributed by atoms with Crippen molar-refractivity contribution in [3.05, 3.63) is 47.5 Å². The molecule has 1 aromatic rings. The van der Waals surface area contributed by atoms with Crippen molar-refractivity contribution in [2.24, 2.45) is 0 Å². The van der Waals surface area contributed by atoms with Gasteiger partial charge in [-0.3, -0.25) is 9.59 Å². The van der Waals surface area contributed by atoms with Gasteiger partial charge in [-0.05, 0) is 31.0 Å². The predicted octanol–water partition coefficient (Wildman–Crippen LogP) is 1.98. The molecule has 21 heavy (non-hydrogen) atoms. The normalized spacial score (nSPS) is 19.0. The summed E-state index contributed by atoms with van der Waals surface area (Å²) in [5.74, 6) is -2.47. The highest BCUT2D eigenvalue weighted by Crippen LogP contribution is 2.22. The summed E-state index contributed by atoms with van der Waals surface area (Å²) in [6, 6.07) is 2.20. The summed E-state index contributed by atoms with van der Waals surface area (Å²) in [7, 11) is 0. The van der Waals surface area contributed by atoms with Gasteiger partial charge in [-0.25, -0.2) is 8.78 Å². The second-order valence-electron chi connectivity index (χ2n) is 5.12. The zero-order valence-electron chi connectivity index (χ0n) is 11.6. The molecule has 1 aliphatic rings. The van der Waals surface area contributed by atoms with E-state index in [0.29, 0.717) is 24.0 Å². The quantitative estimate of drug-likeness (QED) is 0.834. The first kappa shape index (κ1) is 15.2. The Balaban J connectivity index is 2.15. The van der Waals surface area contributed by atoms with Crippen molar-refractivity contribution >= 4 is 11.8 Å². The molecule has 2 N–H and O–H groups in total. The van der Waals surface area contributed by atoms with E-state index >= 15 is 0 Å². The van der Waals surface area contributed by atoms with Gasteiger partial charge in [0.25, 0.3) is 0 Å². The lowest BCUT2D eigenvalue weighted by atomic mass is 10.00. The highest BCUT2D eigenvalue weighted by Gasteiger charge is 2.29. The molecule has 0 spiro atoms. The molecule has 2 rings (SSSR count). The van der Waals surface area contributed by atoms with Gasteiger partial charge in [0.1, 0.15) is 6.04 Å². The number of hydrogen-bond acceptors (Lipinski definition) is 2. The fraction of sp³-hybridized carbons (Fsp3) is 0.333. The summed E-state index contributed by atoms with van der Waals surface area (Å²) in [4.78, 5) is 23.2. The van der Waals surface area contributed by atoms with Crippen LogP contribution < -0.4 is 10.6 Å². The number of halogens is 2. The van der Waals surface area contributed by atoms with Gasteiger partial charge in [-0.15, -0.1) is 0 Å². The summed E-state index contributed by atoms with van der Waals surface area (Å²) in [5.41, 5.74) is 0.984. The summed E-state index contributed by atoms with van der Waals surface area (Å²) in [6.07, 6.45) is 0.729. The van der Waals surface area contributed by atoms with Crippen LogP contribution in [-0.4, -0.2) is 17.9 Å². The van der Waals surface area contributed by atoms with Crippen molar-refractivity contribution in [3.8, 4) is 0 Å². The Morgan fingerprint density at radius 3 is 2.67 bits per heavy atom. The van der Waals surface area contributed by atoms with E-state index in [9.17, 15) is 18.4 Å². The van der Waals surface area contributed by atoms with Gasteiger partial charge < -0.3 is 10.6 Å². The first-order valence-electron chi connectivity index (χ1n) is 6.58. The standard InChI is InChI=1S/C15H16F2N2O2/c1-8(2)14(9-3-4-10(16)11(17)7-9)19-15(21)12-5-6-13(20)18-12/h3-4,7,12,14H,1,5-6H2,2H3,(H,18,20)(H,19,21)/t12-,14-/m1/s1. The number of carbonyl (C=O) groups excluding carboxylic acids is 2. The fourth-order valence-corrected chi connectivity index (χ4v) is 2.24. The lowest BCUT2D eigenvalue weighted by Crippen LogP contribution is -2.43. The van der Waals surface area contributed by atoms with Crippen LogP contribution in [0.2, 0.25) is 0 Å². The smallest absolute Gasteiger partial charge is 0.243 e. The number of hydrogen-bond donors (Lipinski definition) is 2. The Bertz CT molecular complexity index is 601. The molecule has 1 aromatic carbocycles. The number of amides is 2. The van der Waals surface area contributed by atoms with Gasteiger partial charge in [0.05, 0.1) is 6.04 Å². The lowest BCUT2D eigenvalue weighted by molar-refractivity contribution is -0.126. The molecule has 6 heteroatoms. The van der Waals surface area contributed by atoms with Crippen molar-refractivity contribution in [3.63, 3.8) is 0 Å². The third-order valence-corrected chi connectivity index (χ3v) is 3.37. The molecule has 0 bridgehead atoms. The number of nitrogens with one attached hydrogen (secondary N) is 2. The van der Waals surface area contributed by atoms with Crippen LogP contribution in [-0.2, 0) is 9.59 Å². The van der Waals surface area contributed by atoms with E-state index in [1.54, 1.807) is 6.92 Å². The van der Waals surface area contributed by atoms with Crippen molar-refractivity contribution in [2.75, 3.05) is 0 Å². The summed E-state index contributed by atoms with van der Waals surface area (Å²) in [6.45, 7) is 5.44. The van der Waals surface area contributed by atoms with Crippen LogP contribution in [0, 0.1) is 11.6 Å². The second-order valence-corrected chi connectivity index (χ2v) is 5.12. The fourth-order valence-electron chi connectivity index (χ4n) is 2.24. The second kappa shape index (κ2) is 6.03. The van der Waals surface area contributed by atoms with E-state index in [1.165, 1.54) is 6.07 Å². The monoisotopic (exact) mass is 294 g/mol. The third-order valence-electron chi connectivity index (χ3n) is 3.37. The van der Waals surface area contributed by atoms with E-state index < -0.39 is 23.7 Å². The molecule has 2 amide bonds. The summed E-state index contributed by atoms with van der Waals surface area (Å²) >= 11 is 0. The Labute approximate surface area is 121 Å². The molecule has 0 aliphatic carbocycles. The van der Waals surface area contributed by atoms with Crippen LogP contribution in [0.1, 0.15) is 31.4 Å². The van der Waals surface area contributed by atoms with Gasteiger partial charge >= 0.3 is 0 Å². The molecule has 112 valence electrons. The minimum absolute atomic E-state index is 0.171. The average Bonchev–Trinajstić information content (AvgIpc) is 2.85. The Hall–Kier alpha value is -2.24. The molecule has 0 saturated carbocycles. The first-order chi connectivity index (χ1) is 9.88. The highest BCUT2D eigenvalue weighted by atomic mass is 19.2. The molecule has 2 atom stereocenters.